The fraction of sp³-hybridized carbons (Fsp3) is 0.467. The highest BCUT2D eigenvalue weighted by Crippen LogP contribution is 2.46. The molecule has 2 amide bonds. The number of primary amides is 2. The van der Waals surface area contributed by atoms with Crippen LogP contribution in [0.25, 0.3) is 0 Å². The summed E-state index contributed by atoms with van der Waals surface area (Å²) in [6.45, 7) is 1.11. The Bertz CT molecular complexity index is 509. The first-order chi connectivity index (χ1) is 9.58. The van der Waals surface area contributed by atoms with Gasteiger partial charge < -0.3 is 11.5 Å². The maximum Gasteiger partial charge on any atom is 0.222 e. The minimum absolute atomic E-state index is 0.406. The van der Waals surface area contributed by atoms with E-state index in [1.54, 1.807) is 0 Å². The standard InChI is InChI=1S/C15H19N3O2/c16-14(19)11-7-18(8-12(11)15(17)20)13-6-10(13)9-4-2-1-3-5-9/h1-5,10-13H,6-8H2,(H2,16,19)(H2,17,20). The maximum atomic E-state index is 11.4. The number of hydrogen-bond acceptors (Lipinski definition) is 3. The molecule has 0 radical (unpaired) electrons. The monoisotopic (exact) mass is 273 g/mol. The lowest BCUT2D eigenvalue weighted by molar-refractivity contribution is -0.129. The summed E-state index contributed by atoms with van der Waals surface area (Å²) in [7, 11) is 0. The average molecular weight is 273 g/mol. The quantitative estimate of drug-likeness (QED) is 0.813. The minimum atomic E-state index is -0.440. The smallest absolute Gasteiger partial charge is 0.222 e. The van der Waals surface area contributed by atoms with E-state index < -0.39 is 23.7 Å². The molecule has 4 N–H and O–H groups in total. The van der Waals surface area contributed by atoms with Gasteiger partial charge in [0.25, 0.3) is 0 Å². The maximum absolute atomic E-state index is 11.4. The highest BCUT2D eigenvalue weighted by Gasteiger charge is 2.49. The predicted octanol–water partition coefficient (Wildman–Crippen LogP) is 0.0611. The van der Waals surface area contributed by atoms with E-state index in [9.17, 15) is 9.59 Å². The molecule has 2 aliphatic rings. The van der Waals surface area contributed by atoms with Crippen LogP contribution in [0, 0.1) is 11.8 Å². The second-order valence-corrected chi connectivity index (χ2v) is 5.79. The molecule has 1 saturated carbocycles. The molecule has 1 heterocycles. The molecule has 1 aliphatic heterocycles. The predicted molar refractivity (Wildman–Crippen MR) is 74.5 cm³/mol. The molecule has 1 aromatic rings. The summed E-state index contributed by atoms with van der Waals surface area (Å²) < 4.78 is 0. The van der Waals surface area contributed by atoms with Crippen LogP contribution in [-0.2, 0) is 9.59 Å². The Morgan fingerprint density at radius 2 is 1.55 bits per heavy atom. The number of nitrogens with zero attached hydrogens (tertiary/aromatic N) is 1. The highest BCUT2D eigenvalue weighted by atomic mass is 16.2. The van der Waals surface area contributed by atoms with Gasteiger partial charge in [0, 0.05) is 25.0 Å². The molecule has 3 rings (SSSR count). The Morgan fingerprint density at radius 3 is 2.05 bits per heavy atom. The third-order valence-corrected chi connectivity index (χ3v) is 4.53. The van der Waals surface area contributed by atoms with Crippen molar-refractivity contribution in [3.63, 3.8) is 0 Å². The van der Waals surface area contributed by atoms with Crippen LogP contribution in [0.1, 0.15) is 17.9 Å². The van der Waals surface area contributed by atoms with Crippen molar-refractivity contribution in [2.75, 3.05) is 13.1 Å². The van der Waals surface area contributed by atoms with Gasteiger partial charge in [0.05, 0.1) is 11.8 Å². The first kappa shape index (κ1) is 13.1. The van der Waals surface area contributed by atoms with Crippen LogP contribution in [0.3, 0.4) is 0 Å². The van der Waals surface area contributed by atoms with Gasteiger partial charge in [-0.1, -0.05) is 30.3 Å². The molecule has 106 valence electrons. The molecule has 5 heteroatoms. The molecule has 0 bridgehead atoms. The number of carbonyl (C=O) groups excluding carboxylic acids is 2. The van der Waals surface area contributed by atoms with Crippen molar-refractivity contribution in [3.8, 4) is 0 Å². The van der Waals surface area contributed by atoms with Crippen LogP contribution in [0.2, 0.25) is 0 Å². The van der Waals surface area contributed by atoms with Crippen LogP contribution < -0.4 is 11.5 Å². The normalized spacial score (nSPS) is 33.0. The Labute approximate surface area is 117 Å². The molecule has 4 unspecified atom stereocenters. The Hall–Kier alpha value is -1.88. The van der Waals surface area contributed by atoms with E-state index in [4.69, 9.17) is 11.5 Å². The van der Waals surface area contributed by atoms with Crippen molar-refractivity contribution in [2.45, 2.75) is 18.4 Å². The van der Waals surface area contributed by atoms with Gasteiger partial charge in [-0.2, -0.15) is 0 Å². The first-order valence-electron chi connectivity index (χ1n) is 6.95. The van der Waals surface area contributed by atoms with Crippen molar-refractivity contribution in [3.05, 3.63) is 35.9 Å². The number of nitrogens with two attached hydrogens (primary N) is 2. The average Bonchev–Trinajstić information content (AvgIpc) is 3.10. The molecule has 4 atom stereocenters. The molecule has 1 aromatic carbocycles. The van der Waals surface area contributed by atoms with Gasteiger partial charge in [0.15, 0.2) is 0 Å². The number of hydrogen-bond donors (Lipinski definition) is 2. The summed E-state index contributed by atoms with van der Waals surface area (Å²) in [6.07, 6.45) is 1.07. The summed E-state index contributed by atoms with van der Waals surface area (Å²) in [6, 6.07) is 10.7. The third-order valence-electron chi connectivity index (χ3n) is 4.53. The van der Waals surface area contributed by atoms with E-state index in [0.29, 0.717) is 25.0 Å². The number of amides is 2. The van der Waals surface area contributed by atoms with E-state index in [2.05, 4.69) is 17.0 Å². The van der Waals surface area contributed by atoms with E-state index in [0.717, 1.165) is 6.42 Å². The summed E-state index contributed by atoms with van der Waals surface area (Å²) in [5, 5.41) is 0. The fourth-order valence-corrected chi connectivity index (χ4v) is 3.33. The van der Waals surface area contributed by atoms with Gasteiger partial charge in [0.2, 0.25) is 11.8 Å². The molecule has 1 aliphatic carbocycles. The van der Waals surface area contributed by atoms with Gasteiger partial charge in [-0.05, 0) is 12.0 Å². The van der Waals surface area contributed by atoms with E-state index in [-0.39, 0.29) is 0 Å². The van der Waals surface area contributed by atoms with Gasteiger partial charge >= 0.3 is 0 Å². The lowest BCUT2D eigenvalue weighted by Crippen LogP contribution is -2.36. The fourth-order valence-electron chi connectivity index (χ4n) is 3.33. The number of rotatable bonds is 4. The molecule has 1 saturated heterocycles. The van der Waals surface area contributed by atoms with Gasteiger partial charge in [-0.3, -0.25) is 14.5 Å². The number of carbonyl (C=O) groups is 2. The first-order valence-corrected chi connectivity index (χ1v) is 6.95. The summed E-state index contributed by atoms with van der Waals surface area (Å²) in [4.78, 5) is 25.1. The molecular weight excluding hydrogens is 254 g/mol. The van der Waals surface area contributed by atoms with E-state index >= 15 is 0 Å². The second-order valence-electron chi connectivity index (χ2n) is 5.79. The largest absolute Gasteiger partial charge is 0.369 e. The molecule has 5 nitrogen and oxygen atoms in total. The molecule has 0 aromatic heterocycles. The van der Waals surface area contributed by atoms with Crippen molar-refractivity contribution < 1.29 is 9.59 Å². The molecule has 20 heavy (non-hydrogen) atoms. The molecule has 0 spiro atoms. The lowest BCUT2D eigenvalue weighted by atomic mass is 9.95. The highest BCUT2D eigenvalue weighted by molar-refractivity contribution is 5.87. The minimum Gasteiger partial charge on any atom is -0.369 e. The van der Waals surface area contributed by atoms with Gasteiger partial charge in [-0.25, -0.2) is 0 Å². The van der Waals surface area contributed by atoms with E-state index in [1.165, 1.54) is 5.56 Å². The Kier molecular flexibility index (Phi) is 3.22. The third kappa shape index (κ3) is 2.29. The second kappa shape index (κ2) is 4.90. The number of likely N-dealkylation sites (tertiary alicyclic amines) is 1. The zero-order valence-electron chi connectivity index (χ0n) is 11.2. The summed E-state index contributed by atoms with van der Waals surface area (Å²) >= 11 is 0. The SMILES string of the molecule is NC(=O)C1CN(C2CC2c2ccccc2)CC1C(N)=O. The zero-order chi connectivity index (χ0) is 14.3. The Morgan fingerprint density at radius 1 is 1.00 bits per heavy atom. The zero-order valence-corrected chi connectivity index (χ0v) is 11.2. The van der Waals surface area contributed by atoms with Crippen LogP contribution in [0.15, 0.2) is 30.3 Å². The molecular formula is C15H19N3O2. The topological polar surface area (TPSA) is 89.4 Å². The van der Waals surface area contributed by atoms with Gasteiger partial charge in [-0.15, -0.1) is 0 Å². The molecule has 2 fully saturated rings. The Balaban J connectivity index is 1.69. The van der Waals surface area contributed by atoms with Crippen LogP contribution in [0.5, 0.6) is 0 Å². The number of benzene rings is 1. The van der Waals surface area contributed by atoms with Crippen LogP contribution in [-0.4, -0.2) is 35.8 Å². The van der Waals surface area contributed by atoms with Crippen molar-refractivity contribution >= 4 is 11.8 Å². The van der Waals surface area contributed by atoms with Crippen LogP contribution >= 0.6 is 0 Å². The summed E-state index contributed by atoms with van der Waals surface area (Å²) in [5.41, 5.74) is 12.1. The van der Waals surface area contributed by atoms with Gasteiger partial charge in [0.1, 0.15) is 0 Å². The van der Waals surface area contributed by atoms with Crippen molar-refractivity contribution in [1.29, 1.82) is 0 Å². The van der Waals surface area contributed by atoms with E-state index in [1.807, 2.05) is 18.2 Å². The van der Waals surface area contributed by atoms with Crippen LogP contribution in [0.4, 0.5) is 0 Å². The lowest BCUT2D eigenvalue weighted by Gasteiger charge is -2.15. The van der Waals surface area contributed by atoms with Crippen molar-refractivity contribution in [2.24, 2.45) is 23.3 Å². The van der Waals surface area contributed by atoms with Crippen molar-refractivity contribution in [1.82, 2.24) is 4.90 Å². The summed E-state index contributed by atoms with van der Waals surface area (Å²) in [5.74, 6) is -1.23.